The SMILES string of the molecule is C1=C(c2ccccc2)CCc2c1n(-c1ccc(N(c3ccc(-c4ccncc4)cc3)c3ccc(-c4ccccn4)cc3)cc1)c1c(-c3ccccc3)cc(-c3ccccc3)cc21. The average Bonchev–Trinajstić information content (AvgIpc) is 3.69. The van der Waals surface area contributed by atoms with Crippen LogP contribution in [0.3, 0.4) is 0 Å². The lowest BCUT2D eigenvalue weighted by Gasteiger charge is -2.26. The number of pyridine rings is 2. The van der Waals surface area contributed by atoms with E-state index in [1.54, 1.807) is 0 Å². The summed E-state index contributed by atoms with van der Waals surface area (Å²) in [5.41, 5.74) is 20.0. The summed E-state index contributed by atoms with van der Waals surface area (Å²) in [5.74, 6) is 0. The van der Waals surface area contributed by atoms with Gasteiger partial charge in [0.05, 0.1) is 16.9 Å². The molecular formula is C58H42N4. The Morgan fingerprint density at radius 1 is 0.419 bits per heavy atom. The molecule has 11 rings (SSSR count). The van der Waals surface area contributed by atoms with Gasteiger partial charge in [-0.1, -0.05) is 121 Å². The lowest BCUT2D eigenvalue weighted by molar-refractivity contribution is 0.980. The van der Waals surface area contributed by atoms with Crippen LogP contribution in [0, 0.1) is 0 Å². The van der Waals surface area contributed by atoms with E-state index in [9.17, 15) is 0 Å². The number of anilines is 3. The second kappa shape index (κ2) is 16.2. The maximum absolute atomic E-state index is 4.61. The first kappa shape index (κ1) is 37.0. The number of benzene rings is 7. The summed E-state index contributed by atoms with van der Waals surface area (Å²) >= 11 is 0. The lowest BCUT2D eigenvalue weighted by atomic mass is 9.89. The smallest absolute Gasteiger partial charge is 0.0701 e. The molecule has 10 aromatic rings. The number of nitrogens with zero attached hydrogens (tertiary/aromatic N) is 4. The number of aryl methyl sites for hydroxylation is 1. The second-order valence-electron chi connectivity index (χ2n) is 15.8. The largest absolute Gasteiger partial charge is 0.311 e. The standard InChI is InChI=1S/C58H42N4/c1-4-12-41(13-5-1)47-23-32-53-55-39-48(42-14-6-2-7-15-42)38-54(45-16-8-3-9-17-45)58(55)62(57(53)40-47)52-30-28-51(29-31-52)61(49-24-19-43(20-25-49)44-33-36-59-37-34-44)50-26-21-46(22-27-50)56-18-10-11-35-60-56/h1-22,24-31,33-40H,23,32H2. The predicted molar refractivity (Wildman–Crippen MR) is 258 cm³/mol. The highest BCUT2D eigenvalue weighted by atomic mass is 15.1. The number of hydrogen-bond donors (Lipinski definition) is 0. The number of hydrogen-bond acceptors (Lipinski definition) is 3. The van der Waals surface area contributed by atoms with Crippen molar-refractivity contribution in [2.75, 3.05) is 4.90 Å². The fraction of sp³-hybridized carbons (Fsp3) is 0.0345. The van der Waals surface area contributed by atoms with E-state index < -0.39 is 0 Å². The molecule has 0 radical (unpaired) electrons. The summed E-state index contributed by atoms with van der Waals surface area (Å²) in [6.07, 6.45) is 9.92. The number of allylic oxidation sites excluding steroid dienone is 1. The minimum absolute atomic E-state index is 0.953. The van der Waals surface area contributed by atoms with Crippen LogP contribution < -0.4 is 4.90 Å². The van der Waals surface area contributed by atoms with Crippen molar-refractivity contribution in [1.29, 1.82) is 0 Å². The summed E-state index contributed by atoms with van der Waals surface area (Å²) < 4.78 is 2.52. The Morgan fingerprint density at radius 2 is 0.968 bits per heavy atom. The Labute approximate surface area is 362 Å². The molecule has 0 N–H and O–H groups in total. The van der Waals surface area contributed by atoms with Gasteiger partial charge in [-0.25, -0.2) is 0 Å². The second-order valence-corrected chi connectivity index (χ2v) is 15.8. The van der Waals surface area contributed by atoms with Crippen LogP contribution in [0.5, 0.6) is 0 Å². The molecule has 4 heteroatoms. The van der Waals surface area contributed by atoms with Gasteiger partial charge in [-0.2, -0.15) is 0 Å². The van der Waals surface area contributed by atoms with Gasteiger partial charge in [0, 0.05) is 57.9 Å². The fourth-order valence-corrected chi connectivity index (χ4v) is 9.05. The topological polar surface area (TPSA) is 34.0 Å². The first-order valence-corrected chi connectivity index (χ1v) is 21.3. The van der Waals surface area contributed by atoms with Crippen LogP contribution in [0.4, 0.5) is 17.1 Å². The molecule has 294 valence electrons. The Balaban J connectivity index is 1.08. The van der Waals surface area contributed by atoms with E-state index in [2.05, 4.69) is 220 Å². The van der Waals surface area contributed by atoms with E-state index in [-0.39, 0.29) is 0 Å². The molecule has 0 amide bonds. The predicted octanol–water partition coefficient (Wildman–Crippen LogP) is 15.0. The molecule has 0 fully saturated rings. The van der Waals surface area contributed by atoms with Crippen molar-refractivity contribution >= 4 is 39.6 Å². The van der Waals surface area contributed by atoms with E-state index in [1.807, 2.05) is 30.7 Å². The average molecular weight is 795 g/mol. The quantitative estimate of drug-likeness (QED) is 0.146. The summed E-state index contributed by atoms with van der Waals surface area (Å²) in [6, 6.07) is 74.1. The van der Waals surface area contributed by atoms with Crippen molar-refractivity contribution in [2.45, 2.75) is 12.8 Å². The molecule has 4 nitrogen and oxygen atoms in total. The Kier molecular flexibility index (Phi) is 9.64. The first-order valence-electron chi connectivity index (χ1n) is 21.3. The van der Waals surface area contributed by atoms with Crippen LogP contribution in [-0.2, 0) is 6.42 Å². The molecule has 0 unspecified atom stereocenters. The van der Waals surface area contributed by atoms with E-state index in [1.165, 1.54) is 55.6 Å². The highest BCUT2D eigenvalue weighted by Gasteiger charge is 2.25. The zero-order chi connectivity index (χ0) is 41.2. The summed E-state index contributed by atoms with van der Waals surface area (Å²) in [4.78, 5) is 11.2. The maximum atomic E-state index is 4.61. The Morgan fingerprint density at radius 3 is 1.60 bits per heavy atom. The molecular weight excluding hydrogens is 753 g/mol. The molecule has 3 heterocycles. The third kappa shape index (κ3) is 6.98. The van der Waals surface area contributed by atoms with Gasteiger partial charge < -0.3 is 9.47 Å². The minimum atomic E-state index is 0.953. The third-order valence-corrected chi connectivity index (χ3v) is 12.1. The van der Waals surface area contributed by atoms with Crippen molar-refractivity contribution in [3.05, 3.63) is 242 Å². The van der Waals surface area contributed by atoms with Gasteiger partial charge >= 0.3 is 0 Å². The fourth-order valence-electron chi connectivity index (χ4n) is 9.05. The van der Waals surface area contributed by atoms with E-state index in [0.29, 0.717) is 0 Å². The van der Waals surface area contributed by atoms with Gasteiger partial charge in [-0.3, -0.25) is 9.97 Å². The molecule has 7 aromatic carbocycles. The molecule has 0 saturated carbocycles. The minimum Gasteiger partial charge on any atom is -0.311 e. The van der Waals surface area contributed by atoms with Crippen molar-refractivity contribution in [3.63, 3.8) is 0 Å². The van der Waals surface area contributed by atoms with Crippen molar-refractivity contribution in [3.8, 4) is 50.3 Å². The van der Waals surface area contributed by atoms with E-state index in [0.717, 1.165) is 58.0 Å². The van der Waals surface area contributed by atoms with Gasteiger partial charge in [-0.05, 0) is 148 Å². The van der Waals surface area contributed by atoms with Crippen LogP contribution in [-0.4, -0.2) is 14.5 Å². The van der Waals surface area contributed by atoms with Gasteiger partial charge in [0.1, 0.15) is 0 Å². The molecule has 0 saturated heterocycles. The van der Waals surface area contributed by atoms with Gasteiger partial charge in [0.25, 0.3) is 0 Å². The van der Waals surface area contributed by atoms with Crippen molar-refractivity contribution in [1.82, 2.24) is 14.5 Å². The Hall–Kier alpha value is -8.08. The zero-order valence-corrected chi connectivity index (χ0v) is 34.1. The lowest BCUT2D eigenvalue weighted by Crippen LogP contribution is -2.10. The van der Waals surface area contributed by atoms with Crippen molar-refractivity contribution < 1.29 is 0 Å². The molecule has 0 aliphatic heterocycles. The summed E-state index contributed by atoms with van der Waals surface area (Å²) in [7, 11) is 0. The molecule has 1 aliphatic carbocycles. The van der Waals surface area contributed by atoms with Crippen LogP contribution >= 0.6 is 0 Å². The Bertz CT molecular complexity index is 3080. The van der Waals surface area contributed by atoms with Gasteiger partial charge in [0.15, 0.2) is 0 Å². The maximum Gasteiger partial charge on any atom is 0.0701 e. The van der Waals surface area contributed by atoms with Crippen molar-refractivity contribution in [2.24, 2.45) is 0 Å². The molecule has 62 heavy (non-hydrogen) atoms. The normalized spacial score (nSPS) is 12.2. The first-order chi connectivity index (χ1) is 30.7. The molecule has 0 bridgehead atoms. The number of aromatic nitrogens is 3. The molecule has 1 aliphatic rings. The van der Waals surface area contributed by atoms with E-state index in [4.69, 9.17) is 0 Å². The highest BCUT2D eigenvalue weighted by molar-refractivity contribution is 6.05. The van der Waals surface area contributed by atoms with Gasteiger partial charge in [-0.15, -0.1) is 0 Å². The van der Waals surface area contributed by atoms with Crippen LogP contribution in [0.15, 0.2) is 225 Å². The van der Waals surface area contributed by atoms with Crippen LogP contribution in [0.1, 0.15) is 23.2 Å². The summed E-state index contributed by atoms with van der Waals surface area (Å²) in [5, 5.41) is 1.30. The number of fused-ring (bicyclic) bond motifs is 3. The highest BCUT2D eigenvalue weighted by Crippen LogP contribution is 2.45. The van der Waals surface area contributed by atoms with E-state index >= 15 is 0 Å². The molecule has 3 aromatic heterocycles. The zero-order valence-electron chi connectivity index (χ0n) is 34.1. The van der Waals surface area contributed by atoms with Crippen LogP contribution in [0.25, 0.3) is 72.9 Å². The number of rotatable bonds is 9. The van der Waals surface area contributed by atoms with Gasteiger partial charge in [0.2, 0.25) is 0 Å². The molecule has 0 atom stereocenters. The molecule has 0 spiro atoms. The third-order valence-electron chi connectivity index (χ3n) is 12.1. The monoisotopic (exact) mass is 794 g/mol. The van der Waals surface area contributed by atoms with Crippen LogP contribution in [0.2, 0.25) is 0 Å². The summed E-state index contributed by atoms with van der Waals surface area (Å²) in [6.45, 7) is 0.